The van der Waals surface area contributed by atoms with Crippen LogP contribution in [0.3, 0.4) is 0 Å². The molecular weight excluding hydrogens is 200 g/mol. The van der Waals surface area contributed by atoms with Gasteiger partial charge in [-0.15, -0.1) is 5.10 Å². The van der Waals surface area contributed by atoms with E-state index in [4.69, 9.17) is 5.73 Å². The van der Waals surface area contributed by atoms with E-state index in [9.17, 15) is 9.59 Å². The van der Waals surface area contributed by atoms with Gasteiger partial charge in [0.25, 0.3) is 5.82 Å². The van der Waals surface area contributed by atoms with Crippen molar-refractivity contribution in [2.45, 2.75) is 13.5 Å². The number of esters is 1. The van der Waals surface area contributed by atoms with Crippen LogP contribution in [-0.2, 0) is 16.1 Å². The second kappa shape index (κ2) is 4.54. The molecule has 1 unspecified atom stereocenters. The molecule has 2 N–H and O–H groups in total. The zero-order chi connectivity index (χ0) is 11.4. The van der Waals surface area contributed by atoms with Gasteiger partial charge in [0.05, 0.1) is 19.6 Å². The van der Waals surface area contributed by atoms with Crippen LogP contribution >= 0.6 is 0 Å². The number of carbonyl (C=O) groups excluding carboxylic acids is 2. The summed E-state index contributed by atoms with van der Waals surface area (Å²) >= 11 is 0. The van der Waals surface area contributed by atoms with Gasteiger partial charge in [0, 0.05) is 0 Å². The largest absolute Gasteiger partial charge is 0.463 e. The first-order valence-electron chi connectivity index (χ1n) is 4.31. The number of methoxy groups -OCH3 is 1. The summed E-state index contributed by atoms with van der Waals surface area (Å²) in [5.74, 6) is -1.43. The number of amides is 1. The van der Waals surface area contributed by atoms with Crippen LogP contribution in [0.1, 0.15) is 17.5 Å². The quantitative estimate of drug-likeness (QED) is 0.657. The molecule has 0 saturated heterocycles. The number of nitrogens with zero attached hydrogens (tertiary/aromatic N) is 3. The fraction of sp³-hybridized carbons (Fsp3) is 0.500. The van der Waals surface area contributed by atoms with Gasteiger partial charge in [-0.05, 0) is 0 Å². The third-order valence-electron chi connectivity index (χ3n) is 1.85. The Balaban J connectivity index is 2.68. The van der Waals surface area contributed by atoms with E-state index in [0.717, 1.165) is 0 Å². The van der Waals surface area contributed by atoms with Crippen molar-refractivity contribution in [1.29, 1.82) is 0 Å². The molecule has 0 saturated carbocycles. The van der Waals surface area contributed by atoms with Crippen LogP contribution < -0.4 is 5.73 Å². The van der Waals surface area contributed by atoms with E-state index in [1.165, 1.54) is 18.1 Å². The fourth-order valence-corrected chi connectivity index (χ4v) is 0.938. The van der Waals surface area contributed by atoms with E-state index in [1.54, 1.807) is 6.92 Å². The summed E-state index contributed by atoms with van der Waals surface area (Å²) in [6.45, 7) is 1.96. The summed E-state index contributed by atoms with van der Waals surface area (Å²) in [5, 5.41) is 3.83. The lowest BCUT2D eigenvalue weighted by atomic mass is 10.2. The van der Waals surface area contributed by atoms with Crippen LogP contribution in [0.2, 0.25) is 0 Å². The summed E-state index contributed by atoms with van der Waals surface area (Å²) in [4.78, 5) is 25.5. The van der Waals surface area contributed by atoms with E-state index in [-0.39, 0.29) is 11.7 Å². The fourth-order valence-electron chi connectivity index (χ4n) is 0.938. The van der Waals surface area contributed by atoms with E-state index in [2.05, 4.69) is 14.8 Å². The number of carbonyl (C=O) groups is 2. The first-order chi connectivity index (χ1) is 7.04. The molecule has 0 spiro atoms. The molecule has 15 heavy (non-hydrogen) atoms. The Kier molecular flexibility index (Phi) is 3.37. The number of aromatic nitrogens is 3. The highest BCUT2D eigenvalue weighted by molar-refractivity contribution is 5.84. The third-order valence-corrected chi connectivity index (χ3v) is 1.85. The van der Waals surface area contributed by atoms with Crippen LogP contribution in [0.5, 0.6) is 0 Å². The molecule has 0 bridgehead atoms. The minimum Gasteiger partial charge on any atom is -0.463 e. The van der Waals surface area contributed by atoms with Crippen LogP contribution in [0, 0.1) is 5.92 Å². The number of primary amides is 1. The number of hydrogen-bond donors (Lipinski definition) is 1. The summed E-state index contributed by atoms with van der Waals surface area (Å²) in [7, 11) is 1.25. The molecular formula is C8H12N4O3. The van der Waals surface area contributed by atoms with Gasteiger partial charge in [0.2, 0.25) is 5.91 Å². The highest BCUT2D eigenvalue weighted by Gasteiger charge is 2.14. The summed E-state index contributed by atoms with van der Waals surface area (Å²) in [6, 6.07) is 0. The highest BCUT2D eigenvalue weighted by atomic mass is 16.5. The predicted molar refractivity (Wildman–Crippen MR) is 49.7 cm³/mol. The predicted octanol–water partition coefficient (Wildman–Crippen LogP) is -0.814. The van der Waals surface area contributed by atoms with Crippen LogP contribution in [0.25, 0.3) is 0 Å². The van der Waals surface area contributed by atoms with E-state index in [1.807, 2.05) is 0 Å². The average molecular weight is 212 g/mol. The molecule has 0 aliphatic heterocycles. The minimum atomic E-state index is -0.611. The molecule has 1 amide bonds. The normalized spacial score (nSPS) is 12.1. The molecule has 82 valence electrons. The number of hydrogen-bond acceptors (Lipinski definition) is 5. The second-order valence-electron chi connectivity index (χ2n) is 3.09. The SMILES string of the molecule is COC(=O)c1ncn(CC(C)C(N)=O)n1. The molecule has 0 aromatic carbocycles. The van der Waals surface area contributed by atoms with Gasteiger partial charge in [0.15, 0.2) is 0 Å². The smallest absolute Gasteiger partial charge is 0.377 e. The van der Waals surface area contributed by atoms with Gasteiger partial charge in [0.1, 0.15) is 6.33 Å². The van der Waals surface area contributed by atoms with Gasteiger partial charge in [-0.3, -0.25) is 9.48 Å². The Hall–Kier alpha value is -1.92. The maximum absolute atomic E-state index is 11.0. The molecule has 1 atom stereocenters. The monoisotopic (exact) mass is 212 g/mol. The van der Waals surface area contributed by atoms with Crippen LogP contribution in [0.4, 0.5) is 0 Å². The van der Waals surface area contributed by atoms with Crippen molar-refractivity contribution in [3.8, 4) is 0 Å². The number of ether oxygens (including phenoxy) is 1. The van der Waals surface area contributed by atoms with Crippen molar-refractivity contribution in [2.75, 3.05) is 7.11 Å². The standard InChI is InChI=1S/C8H12N4O3/c1-5(6(9)13)3-12-4-10-7(11-12)8(14)15-2/h4-5H,3H2,1-2H3,(H2,9,13). The summed E-state index contributed by atoms with van der Waals surface area (Å²) in [6.07, 6.45) is 1.35. The van der Waals surface area contributed by atoms with Crippen molar-refractivity contribution in [3.63, 3.8) is 0 Å². The molecule has 1 heterocycles. The summed E-state index contributed by atoms with van der Waals surface area (Å²) < 4.78 is 5.81. The molecule has 0 radical (unpaired) electrons. The molecule has 0 aliphatic carbocycles. The van der Waals surface area contributed by atoms with Crippen molar-refractivity contribution in [1.82, 2.24) is 14.8 Å². The molecule has 0 aliphatic rings. The van der Waals surface area contributed by atoms with Crippen molar-refractivity contribution >= 4 is 11.9 Å². The third kappa shape index (κ3) is 2.76. The molecule has 7 heteroatoms. The van der Waals surface area contributed by atoms with Crippen molar-refractivity contribution in [2.24, 2.45) is 11.7 Å². The number of nitrogens with two attached hydrogens (primary N) is 1. The Bertz CT molecular complexity index is 374. The lowest BCUT2D eigenvalue weighted by Crippen LogP contribution is -2.25. The zero-order valence-corrected chi connectivity index (χ0v) is 8.51. The lowest BCUT2D eigenvalue weighted by Gasteiger charge is -2.05. The number of rotatable bonds is 4. The molecule has 1 aromatic rings. The first-order valence-corrected chi connectivity index (χ1v) is 4.31. The van der Waals surface area contributed by atoms with Gasteiger partial charge < -0.3 is 10.5 Å². The maximum atomic E-state index is 11.0. The van der Waals surface area contributed by atoms with E-state index >= 15 is 0 Å². The molecule has 1 aromatic heterocycles. The van der Waals surface area contributed by atoms with E-state index in [0.29, 0.717) is 6.54 Å². The van der Waals surface area contributed by atoms with Gasteiger partial charge in [-0.25, -0.2) is 9.78 Å². The molecule has 7 nitrogen and oxygen atoms in total. The average Bonchev–Trinajstić information content (AvgIpc) is 2.65. The van der Waals surface area contributed by atoms with Gasteiger partial charge in [-0.2, -0.15) is 0 Å². The van der Waals surface area contributed by atoms with Crippen LogP contribution in [-0.4, -0.2) is 33.8 Å². The van der Waals surface area contributed by atoms with Crippen molar-refractivity contribution < 1.29 is 14.3 Å². The van der Waals surface area contributed by atoms with Gasteiger partial charge >= 0.3 is 5.97 Å². The van der Waals surface area contributed by atoms with Crippen molar-refractivity contribution in [3.05, 3.63) is 12.2 Å². The second-order valence-corrected chi connectivity index (χ2v) is 3.09. The van der Waals surface area contributed by atoms with E-state index < -0.39 is 11.9 Å². The Morgan fingerprint density at radius 1 is 1.67 bits per heavy atom. The summed E-state index contributed by atoms with van der Waals surface area (Å²) in [5.41, 5.74) is 5.08. The Labute approximate surface area is 86.2 Å². The highest BCUT2D eigenvalue weighted by Crippen LogP contribution is 1.99. The van der Waals surface area contributed by atoms with Gasteiger partial charge in [-0.1, -0.05) is 6.92 Å². The molecule has 0 fully saturated rings. The topological polar surface area (TPSA) is 100 Å². The minimum absolute atomic E-state index is 0.0332. The maximum Gasteiger partial charge on any atom is 0.377 e. The zero-order valence-electron chi connectivity index (χ0n) is 8.51. The lowest BCUT2D eigenvalue weighted by molar-refractivity contribution is -0.121. The van der Waals surface area contributed by atoms with Crippen LogP contribution in [0.15, 0.2) is 6.33 Å². The Morgan fingerprint density at radius 3 is 2.87 bits per heavy atom. The Morgan fingerprint density at radius 2 is 2.33 bits per heavy atom. The first kappa shape index (κ1) is 11.2. The molecule has 1 rings (SSSR count).